The van der Waals surface area contributed by atoms with Gasteiger partial charge >= 0.3 is 0 Å². The minimum Gasteiger partial charge on any atom is -0.451 e. The molecule has 1 aromatic carbocycles. The molecule has 1 saturated carbocycles. The van der Waals surface area contributed by atoms with Crippen LogP contribution in [0.3, 0.4) is 0 Å². The second kappa shape index (κ2) is 7.36. The normalized spacial score (nSPS) is 20.8. The second-order valence-corrected chi connectivity index (χ2v) is 6.73. The molecule has 1 aliphatic carbocycles. The summed E-state index contributed by atoms with van der Waals surface area (Å²) in [5.41, 5.74) is 1.47. The molecule has 0 spiro atoms. The molecule has 5 heteroatoms. The van der Waals surface area contributed by atoms with Crippen LogP contribution < -0.4 is 5.32 Å². The predicted molar refractivity (Wildman–Crippen MR) is 91.8 cm³/mol. The average molecular weight is 331 g/mol. The molecule has 24 heavy (non-hydrogen) atoms. The van der Waals surface area contributed by atoms with Crippen molar-refractivity contribution in [1.29, 1.82) is 0 Å². The Balaban J connectivity index is 1.78. The van der Waals surface area contributed by atoms with Crippen molar-refractivity contribution in [1.82, 2.24) is 5.32 Å². The fourth-order valence-corrected chi connectivity index (χ4v) is 3.23. The van der Waals surface area contributed by atoms with Gasteiger partial charge < -0.3 is 19.6 Å². The van der Waals surface area contributed by atoms with Crippen LogP contribution in [0, 0.1) is 5.92 Å². The number of ether oxygens (including phenoxy) is 1. The summed E-state index contributed by atoms with van der Waals surface area (Å²) >= 11 is 0. The third-order valence-corrected chi connectivity index (χ3v) is 4.61. The number of fused-ring (bicyclic) bond motifs is 1. The maximum absolute atomic E-state index is 12.6. The molecule has 1 amide bonds. The van der Waals surface area contributed by atoms with Gasteiger partial charge in [-0.15, -0.1) is 0 Å². The van der Waals surface area contributed by atoms with Gasteiger partial charge in [-0.3, -0.25) is 4.79 Å². The lowest BCUT2D eigenvalue weighted by Gasteiger charge is -2.15. The number of rotatable bonds is 6. The summed E-state index contributed by atoms with van der Waals surface area (Å²) in [4.78, 5) is 12.6. The molecule has 0 bridgehead atoms. The zero-order valence-electron chi connectivity index (χ0n) is 14.2. The van der Waals surface area contributed by atoms with E-state index in [1.54, 1.807) is 0 Å². The lowest BCUT2D eigenvalue weighted by Crippen LogP contribution is -2.32. The summed E-state index contributed by atoms with van der Waals surface area (Å²) in [7, 11) is 0. The highest BCUT2D eigenvalue weighted by Crippen LogP contribution is 2.28. The monoisotopic (exact) mass is 331 g/mol. The number of nitrogens with one attached hydrogen (secondary N) is 1. The summed E-state index contributed by atoms with van der Waals surface area (Å²) in [6, 6.07) is 7.60. The van der Waals surface area contributed by atoms with Crippen molar-refractivity contribution in [2.75, 3.05) is 6.54 Å². The van der Waals surface area contributed by atoms with Crippen LogP contribution in [-0.4, -0.2) is 29.8 Å². The van der Waals surface area contributed by atoms with Crippen LogP contribution in [-0.2, 0) is 11.3 Å². The molecular weight excluding hydrogens is 306 g/mol. The number of hydrogen-bond acceptors (Lipinski definition) is 4. The summed E-state index contributed by atoms with van der Waals surface area (Å²) < 4.78 is 11.5. The van der Waals surface area contributed by atoms with Crippen LogP contribution in [0.25, 0.3) is 11.0 Å². The number of hydrogen-bond donors (Lipinski definition) is 2. The number of aliphatic hydroxyl groups is 1. The first-order chi connectivity index (χ1) is 11.6. The molecule has 3 rings (SSSR count). The summed E-state index contributed by atoms with van der Waals surface area (Å²) in [5, 5.41) is 13.7. The van der Waals surface area contributed by atoms with Crippen molar-refractivity contribution in [2.24, 2.45) is 5.92 Å². The Morgan fingerprint density at radius 3 is 2.88 bits per heavy atom. The standard InChI is InChI=1S/C19H25NO4/c1-12(2)23-11-15-14-7-3-4-9-17(14)24-18(15)19(22)20-10-13-6-5-8-16(13)21/h3-4,7,9,12-13,16,21H,5-6,8,10-11H2,1-2H3,(H,20,22). The molecule has 2 unspecified atom stereocenters. The quantitative estimate of drug-likeness (QED) is 0.852. The Kier molecular flexibility index (Phi) is 5.21. The van der Waals surface area contributed by atoms with E-state index in [1.165, 1.54) is 0 Å². The van der Waals surface area contributed by atoms with Gasteiger partial charge in [0.15, 0.2) is 5.76 Å². The molecule has 5 nitrogen and oxygen atoms in total. The minimum atomic E-state index is -0.315. The van der Waals surface area contributed by atoms with Gasteiger partial charge in [-0.05, 0) is 32.8 Å². The highest BCUT2D eigenvalue weighted by molar-refractivity contribution is 5.99. The van der Waals surface area contributed by atoms with Crippen molar-refractivity contribution >= 4 is 16.9 Å². The largest absolute Gasteiger partial charge is 0.451 e. The van der Waals surface area contributed by atoms with E-state index in [4.69, 9.17) is 9.15 Å². The lowest BCUT2D eigenvalue weighted by molar-refractivity contribution is 0.0641. The zero-order valence-corrected chi connectivity index (χ0v) is 14.2. The molecule has 2 N–H and O–H groups in total. The van der Waals surface area contributed by atoms with Gasteiger partial charge in [-0.2, -0.15) is 0 Å². The highest BCUT2D eigenvalue weighted by atomic mass is 16.5. The van der Waals surface area contributed by atoms with Crippen molar-refractivity contribution in [2.45, 2.75) is 51.9 Å². The van der Waals surface area contributed by atoms with E-state index in [0.717, 1.165) is 30.2 Å². The SMILES string of the molecule is CC(C)OCc1c(C(=O)NCC2CCCC2O)oc2ccccc12. The first-order valence-corrected chi connectivity index (χ1v) is 8.64. The van der Waals surface area contributed by atoms with Crippen LogP contribution in [0.15, 0.2) is 28.7 Å². The lowest BCUT2D eigenvalue weighted by atomic mass is 10.1. The van der Waals surface area contributed by atoms with Crippen molar-refractivity contribution in [3.8, 4) is 0 Å². The smallest absolute Gasteiger partial charge is 0.287 e. The van der Waals surface area contributed by atoms with E-state index < -0.39 is 0 Å². The Bertz CT molecular complexity index is 706. The maximum atomic E-state index is 12.6. The molecular formula is C19H25NO4. The van der Waals surface area contributed by atoms with E-state index in [9.17, 15) is 9.90 Å². The van der Waals surface area contributed by atoms with Crippen molar-refractivity contribution in [3.63, 3.8) is 0 Å². The zero-order chi connectivity index (χ0) is 17.1. The number of amides is 1. The van der Waals surface area contributed by atoms with E-state index in [0.29, 0.717) is 24.5 Å². The number of furan rings is 1. The van der Waals surface area contributed by atoms with Crippen LogP contribution in [0.2, 0.25) is 0 Å². The molecule has 1 aliphatic rings. The van der Waals surface area contributed by atoms with E-state index in [1.807, 2.05) is 38.1 Å². The van der Waals surface area contributed by atoms with Gasteiger partial charge in [-0.1, -0.05) is 24.6 Å². The number of aliphatic hydroxyl groups excluding tert-OH is 1. The van der Waals surface area contributed by atoms with E-state index in [2.05, 4.69) is 5.32 Å². The Morgan fingerprint density at radius 1 is 1.38 bits per heavy atom. The predicted octanol–water partition coefficient (Wildman–Crippen LogP) is 3.25. The average Bonchev–Trinajstić information content (AvgIpc) is 3.14. The van der Waals surface area contributed by atoms with Gasteiger partial charge in [0.25, 0.3) is 5.91 Å². The third-order valence-electron chi connectivity index (χ3n) is 4.61. The molecule has 0 aliphatic heterocycles. The van der Waals surface area contributed by atoms with Gasteiger partial charge in [-0.25, -0.2) is 0 Å². The van der Waals surface area contributed by atoms with Crippen LogP contribution in [0.1, 0.15) is 49.2 Å². The number of carbonyl (C=O) groups is 1. The van der Waals surface area contributed by atoms with Gasteiger partial charge in [0.1, 0.15) is 5.58 Å². The summed E-state index contributed by atoms with van der Waals surface area (Å²) in [6.07, 6.45) is 2.54. The molecule has 1 heterocycles. The van der Waals surface area contributed by atoms with Gasteiger partial charge in [0.05, 0.1) is 18.8 Å². The highest BCUT2D eigenvalue weighted by Gasteiger charge is 2.27. The molecule has 2 aromatic rings. The Morgan fingerprint density at radius 2 is 2.17 bits per heavy atom. The van der Waals surface area contributed by atoms with Gasteiger partial charge in [0, 0.05) is 23.4 Å². The molecule has 130 valence electrons. The number of benzene rings is 1. The van der Waals surface area contributed by atoms with Gasteiger partial charge in [0.2, 0.25) is 0 Å². The molecule has 2 atom stereocenters. The van der Waals surface area contributed by atoms with E-state index >= 15 is 0 Å². The van der Waals surface area contributed by atoms with E-state index in [-0.39, 0.29) is 24.0 Å². The topological polar surface area (TPSA) is 71.7 Å². The number of carbonyl (C=O) groups excluding carboxylic acids is 1. The third kappa shape index (κ3) is 3.62. The second-order valence-electron chi connectivity index (χ2n) is 6.73. The summed E-state index contributed by atoms with van der Waals surface area (Å²) in [6.45, 7) is 4.73. The first kappa shape index (κ1) is 17.0. The first-order valence-electron chi connectivity index (χ1n) is 8.64. The van der Waals surface area contributed by atoms with Crippen molar-refractivity contribution < 1.29 is 19.1 Å². The Hall–Kier alpha value is -1.85. The molecule has 1 aromatic heterocycles. The van der Waals surface area contributed by atoms with Crippen LogP contribution >= 0.6 is 0 Å². The Labute approximate surface area is 142 Å². The minimum absolute atomic E-state index is 0.0724. The van der Waals surface area contributed by atoms with Crippen LogP contribution in [0.5, 0.6) is 0 Å². The fourth-order valence-electron chi connectivity index (χ4n) is 3.23. The summed E-state index contributed by atoms with van der Waals surface area (Å²) in [5.74, 6) is 0.200. The molecule has 0 radical (unpaired) electrons. The van der Waals surface area contributed by atoms with Crippen LogP contribution in [0.4, 0.5) is 0 Å². The van der Waals surface area contributed by atoms with Crippen molar-refractivity contribution in [3.05, 3.63) is 35.6 Å². The fraction of sp³-hybridized carbons (Fsp3) is 0.526. The molecule has 1 fully saturated rings. The number of para-hydroxylation sites is 1. The molecule has 0 saturated heterocycles. The maximum Gasteiger partial charge on any atom is 0.287 e.